The Hall–Kier alpha value is -1.56. The van der Waals surface area contributed by atoms with Gasteiger partial charge in [-0.15, -0.1) is 0 Å². The summed E-state index contributed by atoms with van der Waals surface area (Å²) in [6.45, 7) is 4.04. The van der Waals surface area contributed by atoms with Gasteiger partial charge in [0.25, 0.3) is 5.56 Å². The van der Waals surface area contributed by atoms with Crippen LogP contribution in [0, 0.1) is 0 Å². The highest BCUT2D eigenvalue weighted by Crippen LogP contribution is 2.28. The van der Waals surface area contributed by atoms with E-state index in [0.717, 1.165) is 35.6 Å². The third-order valence-electron chi connectivity index (χ3n) is 2.94. The molecule has 0 bridgehead atoms. The summed E-state index contributed by atoms with van der Waals surface area (Å²) in [6.07, 6.45) is -2.36. The Labute approximate surface area is 108 Å². The third-order valence-corrected chi connectivity index (χ3v) is 2.94. The zero-order chi connectivity index (χ0) is 14.0. The zero-order valence-corrected chi connectivity index (χ0v) is 10.3. The molecule has 1 aromatic rings. The van der Waals surface area contributed by atoms with E-state index in [1.54, 1.807) is 0 Å². The van der Waals surface area contributed by atoms with Crippen LogP contribution in [0.4, 0.5) is 13.2 Å². The number of aromatic nitrogens is 1. The fraction of sp³-hybridized carbons (Fsp3) is 0.462. The molecule has 0 atom stereocenters. The van der Waals surface area contributed by atoms with E-state index in [9.17, 15) is 18.0 Å². The zero-order valence-electron chi connectivity index (χ0n) is 10.3. The van der Waals surface area contributed by atoms with Crippen molar-refractivity contribution in [1.29, 1.82) is 0 Å². The summed E-state index contributed by atoms with van der Waals surface area (Å²) in [5, 5.41) is 3.16. The van der Waals surface area contributed by atoms with Crippen molar-refractivity contribution in [2.75, 3.05) is 6.54 Å². The van der Waals surface area contributed by atoms with Crippen molar-refractivity contribution in [3.63, 3.8) is 0 Å². The lowest BCUT2D eigenvalue weighted by atomic mass is 10.2. The molecule has 0 saturated heterocycles. The quantitative estimate of drug-likeness (QED) is 0.834. The van der Waals surface area contributed by atoms with Crippen LogP contribution < -0.4 is 10.9 Å². The molecule has 2 rings (SSSR count). The summed E-state index contributed by atoms with van der Waals surface area (Å²) >= 11 is 0. The first-order valence-electron chi connectivity index (χ1n) is 6.05. The first-order chi connectivity index (χ1) is 8.88. The minimum Gasteiger partial charge on any atom is -0.310 e. The molecule has 0 aromatic carbocycles. The van der Waals surface area contributed by atoms with Crippen LogP contribution in [0.25, 0.3) is 0 Å². The normalized spacial score (nSPS) is 15.5. The smallest absolute Gasteiger partial charge is 0.310 e. The van der Waals surface area contributed by atoms with Crippen LogP contribution in [0.1, 0.15) is 18.5 Å². The average Bonchev–Trinajstić information content (AvgIpc) is 3.11. The number of hydrogen-bond donors (Lipinski definition) is 1. The van der Waals surface area contributed by atoms with Crippen molar-refractivity contribution in [3.05, 3.63) is 46.4 Å². The SMILES string of the molecule is C=C(CNC1CC1)Cn1c(C(F)(F)F)cccc1=O. The maximum absolute atomic E-state index is 12.8. The van der Waals surface area contributed by atoms with Gasteiger partial charge in [-0.05, 0) is 24.5 Å². The molecule has 1 saturated carbocycles. The largest absolute Gasteiger partial charge is 0.431 e. The van der Waals surface area contributed by atoms with Crippen LogP contribution in [-0.4, -0.2) is 17.2 Å². The molecule has 19 heavy (non-hydrogen) atoms. The van der Waals surface area contributed by atoms with E-state index < -0.39 is 17.4 Å². The van der Waals surface area contributed by atoms with Gasteiger partial charge >= 0.3 is 6.18 Å². The molecule has 0 unspecified atom stereocenters. The molecule has 1 aromatic heterocycles. The van der Waals surface area contributed by atoms with Gasteiger partial charge in [-0.2, -0.15) is 13.2 Å². The van der Waals surface area contributed by atoms with Crippen molar-refractivity contribution in [2.24, 2.45) is 0 Å². The highest BCUT2D eigenvalue weighted by Gasteiger charge is 2.34. The van der Waals surface area contributed by atoms with Gasteiger partial charge < -0.3 is 9.88 Å². The summed E-state index contributed by atoms with van der Waals surface area (Å²) < 4.78 is 39.1. The van der Waals surface area contributed by atoms with Crippen LogP contribution >= 0.6 is 0 Å². The van der Waals surface area contributed by atoms with Crippen LogP contribution in [0.5, 0.6) is 0 Å². The fourth-order valence-corrected chi connectivity index (χ4v) is 1.79. The molecular weight excluding hydrogens is 257 g/mol. The van der Waals surface area contributed by atoms with Crippen molar-refractivity contribution in [2.45, 2.75) is 31.6 Å². The summed E-state index contributed by atoms with van der Waals surface area (Å²) in [5.74, 6) is 0. The molecule has 0 aliphatic heterocycles. The minimum atomic E-state index is -4.54. The summed E-state index contributed by atoms with van der Waals surface area (Å²) in [4.78, 5) is 11.6. The number of rotatable bonds is 5. The van der Waals surface area contributed by atoms with Crippen LogP contribution in [0.15, 0.2) is 35.1 Å². The molecule has 3 nitrogen and oxygen atoms in total. The topological polar surface area (TPSA) is 34.0 Å². The van der Waals surface area contributed by atoms with E-state index in [0.29, 0.717) is 18.2 Å². The number of nitrogens with one attached hydrogen (secondary N) is 1. The van der Waals surface area contributed by atoms with Crippen LogP contribution in [-0.2, 0) is 12.7 Å². The Kier molecular flexibility index (Phi) is 3.80. The summed E-state index contributed by atoms with van der Waals surface area (Å²) in [7, 11) is 0. The molecular formula is C13H15F3N2O. The van der Waals surface area contributed by atoms with E-state index in [2.05, 4.69) is 11.9 Å². The Morgan fingerprint density at radius 3 is 2.68 bits per heavy atom. The van der Waals surface area contributed by atoms with E-state index in [1.165, 1.54) is 0 Å². The van der Waals surface area contributed by atoms with Gasteiger partial charge in [0, 0.05) is 25.2 Å². The molecule has 1 aliphatic rings. The Bertz CT molecular complexity index is 529. The second-order valence-corrected chi connectivity index (χ2v) is 4.74. The first-order valence-corrected chi connectivity index (χ1v) is 6.05. The van der Waals surface area contributed by atoms with Crippen LogP contribution in [0.2, 0.25) is 0 Å². The second kappa shape index (κ2) is 5.21. The predicted molar refractivity (Wildman–Crippen MR) is 65.9 cm³/mol. The molecule has 104 valence electrons. The van der Waals surface area contributed by atoms with Crippen molar-refractivity contribution < 1.29 is 13.2 Å². The van der Waals surface area contributed by atoms with Crippen molar-refractivity contribution >= 4 is 0 Å². The maximum Gasteiger partial charge on any atom is 0.431 e. The molecule has 1 N–H and O–H groups in total. The molecule has 1 heterocycles. The number of nitrogens with zero attached hydrogens (tertiary/aromatic N) is 1. The summed E-state index contributed by atoms with van der Waals surface area (Å²) in [6, 6.07) is 3.60. The van der Waals surface area contributed by atoms with Gasteiger partial charge in [0.15, 0.2) is 0 Å². The van der Waals surface area contributed by atoms with Gasteiger partial charge in [0.05, 0.1) is 0 Å². The number of pyridine rings is 1. The fourth-order valence-electron chi connectivity index (χ4n) is 1.79. The Balaban J connectivity index is 2.13. The second-order valence-electron chi connectivity index (χ2n) is 4.74. The standard InChI is InChI=1S/C13H15F3N2O/c1-9(7-17-10-5-6-10)8-18-11(13(14,15)16)3-2-4-12(18)19/h2-4,10,17H,1,5-8H2. The van der Waals surface area contributed by atoms with Gasteiger partial charge in [0.2, 0.25) is 0 Å². The van der Waals surface area contributed by atoms with Gasteiger partial charge in [-0.3, -0.25) is 4.79 Å². The monoisotopic (exact) mass is 272 g/mol. The number of hydrogen-bond acceptors (Lipinski definition) is 2. The number of halogens is 3. The molecule has 0 spiro atoms. The lowest BCUT2D eigenvalue weighted by Crippen LogP contribution is -2.30. The molecule has 0 radical (unpaired) electrons. The molecule has 6 heteroatoms. The van der Waals surface area contributed by atoms with Crippen LogP contribution in [0.3, 0.4) is 0 Å². The first kappa shape index (κ1) is 13.9. The maximum atomic E-state index is 12.8. The molecule has 1 fully saturated rings. The van der Waals surface area contributed by atoms with Gasteiger partial charge in [-0.25, -0.2) is 0 Å². The van der Waals surface area contributed by atoms with E-state index in [-0.39, 0.29) is 6.54 Å². The lowest BCUT2D eigenvalue weighted by molar-refractivity contribution is -0.144. The van der Waals surface area contributed by atoms with E-state index >= 15 is 0 Å². The van der Waals surface area contributed by atoms with Gasteiger partial charge in [0.1, 0.15) is 5.69 Å². The average molecular weight is 272 g/mol. The molecule has 0 amide bonds. The van der Waals surface area contributed by atoms with E-state index in [1.807, 2.05) is 0 Å². The highest BCUT2D eigenvalue weighted by molar-refractivity contribution is 5.13. The third kappa shape index (κ3) is 3.70. The minimum absolute atomic E-state index is 0.117. The Morgan fingerprint density at radius 2 is 2.11 bits per heavy atom. The van der Waals surface area contributed by atoms with Gasteiger partial charge in [-0.1, -0.05) is 12.6 Å². The lowest BCUT2D eigenvalue weighted by Gasteiger charge is -2.16. The molecule has 1 aliphatic carbocycles. The predicted octanol–water partition coefficient (Wildman–Crippen LogP) is 2.18. The Morgan fingerprint density at radius 1 is 1.42 bits per heavy atom. The highest BCUT2D eigenvalue weighted by atomic mass is 19.4. The number of alkyl halides is 3. The summed E-state index contributed by atoms with van der Waals surface area (Å²) in [5.41, 5.74) is -1.04. The van der Waals surface area contributed by atoms with Crippen molar-refractivity contribution in [3.8, 4) is 0 Å². The van der Waals surface area contributed by atoms with E-state index in [4.69, 9.17) is 0 Å². The van der Waals surface area contributed by atoms with Crippen molar-refractivity contribution in [1.82, 2.24) is 9.88 Å².